The van der Waals surface area contributed by atoms with Crippen LogP contribution >= 0.6 is 12.6 Å². The fourth-order valence-corrected chi connectivity index (χ4v) is 1.66. The summed E-state index contributed by atoms with van der Waals surface area (Å²) >= 11 is 3.42. The average Bonchev–Trinajstić information content (AvgIpc) is 2.48. The van der Waals surface area contributed by atoms with Gasteiger partial charge in [-0.05, 0) is 24.7 Å². The molecule has 0 radical (unpaired) electrons. The minimum absolute atomic E-state index is 0.0833. The molecule has 6 nitrogen and oxygen atoms in total. The van der Waals surface area contributed by atoms with Gasteiger partial charge in [0.2, 0.25) is 0 Å². The van der Waals surface area contributed by atoms with Crippen LogP contribution in [0.4, 0.5) is 0 Å². The van der Waals surface area contributed by atoms with Crippen molar-refractivity contribution in [3.8, 4) is 0 Å². The Morgan fingerprint density at radius 1 is 0.680 bits per heavy atom. The Balaban J connectivity index is -0.000000308. The minimum atomic E-state index is -0.881. The number of hydrogen-bond donors (Lipinski definition) is 4. The van der Waals surface area contributed by atoms with E-state index in [9.17, 15) is 14.4 Å². The molecule has 0 bridgehead atoms. The second kappa shape index (κ2) is 20.8. The highest BCUT2D eigenvalue weighted by atomic mass is 32.1. The van der Waals surface area contributed by atoms with E-state index in [0.29, 0.717) is 24.7 Å². The first kappa shape index (κ1) is 28.6. The fourth-order valence-electron chi connectivity index (χ4n) is 1.66. The van der Waals surface area contributed by atoms with E-state index in [4.69, 9.17) is 15.3 Å². The van der Waals surface area contributed by atoms with Gasteiger partial charge in [-0.2, -0.15) is 12.6 Å². The maximum absolute atomic E-state index is 10.0. The second-order valence-corrected chi connectivity index (χ2v) is 6.93. The third-order valence-electron chi connectivity index (χ3n) is 2.98. The van der Waals surface area contributed by atoms with Crippen molar-refractivity contribution in [1.29, 1.82) is 0 Å². The quantitative estimate of drug-likeness (QED) is 0.308. The highest BCUT2D eigenvalue weighted by molar-refractivity contribution is 7.81. The molecule has 0 heterocycles. The molecule has 0 aliphatic rings. The molecule has 0 aromatic heterocycles. The van der Waals surface area contributed by atoms with Crippen LogP contribution in [0.2, 0.25) is 0 Å². The van der Waals surface area contributed by atoms with Crippen molar-refractivity contribution in [2.75, 3.05) is 5.75 Å². The Morgan fingerprint density at radius 2 is 0.960 bits per heavy atom. The van der Waals surface area contributed by atoms with Crippen LogP contribution < -0.4 is 0 Å². The van der Waals surface area contributed by atoms with Crippen LogP contribution in [-0.4, -0.2) is 39.0 Å². The monoisotopic (exact) mass is 380 g/mol. The predicted octanol–water partition coefficient (Wildman–Crippen LogP) is 4.58. The lowest BCUT2D eigenvalue weighted by Gasteiger charge is -2.01. The Hall–Kier alpha value is -1.24. The molecule has 0 fully saturated rings. The van der Waals surface area contributed by atoms with E-state index in [1.54, 1.807) is 0 Å². The number of hydrogen-bond acceptors (Lipinski definition) is 4. The first-order valence-electron chi connectivity index (χ1n) is 8.79. The van der Waals surface area contributed by atoms with E-state index in [0.717, 1.165) is 38.5 Å². The van der Waals surface area contributed by atoms with Crippen LogP contribution in [-0.2, 0) is 14.4 Å². The van der Waals surface area contributed by atoms with Crippen LogP contribution in [0.1, 0.15) is 79.1 Å². The maximum Gasteiger partial charge on any atom is 0.313 e. The number of rotatable bonds is 11. The fraction of sp³-hybridized carbons (Fsp3) is 0.833. The molecule has 0 aliphatic carbocycles. The SMILES string of the molecule is CC(C)CCCCC(=O)O.CC(C)CCCCC(=O)O.O=C(O)CS. The third-order valence-corrected chi connectivity index (χ3v) is 3.25. The molecule has 0 amide bonds. The molecule has 0 aromatic carbocycles. The van der Waals surface area contributed by atoms with Gasteiger partial charge < -0.3 is 15.3 Å². The molecule has 25 heavy (non-hydrogen) atoms. The standard InChI is InChI=1S/2C8H16O2.C2H4O2S/c2*1-7(2)5-3-4-6-8(9)10;3-2(4)1-5/h2*7H,3-6H2,1-2H3,(H,9,10);5H,1H2,(H,3,4). The lowest BCUT2D eigenvalue weighted by molar-refractivity contribution is -0.138. The van der Waals surface area contributed by atoms with E-state index >= 15 is 0 Å². The van der Waals surface area contributed by atoms with Gasteiger partial charge in [0.05, 0.1) is 5.75 Å². The van der Waals surface area contributed by atoms with Crippen molar-refractivity contribution in [2.24, 2.45) is 11.8 Å². The van der Waals surface area contributed by atoms with Gasteiger partial charge in [-0.25, -0.2) is 0 Å². The number of carbonyl (C=O) groups is 3. The van der Waals surface area contributed by atoms with Crippen molar-refractivity contribution >= 4 is 30.5 Å². The number of carboxylic acid groups (broad SMARTS) is 3. The van der Waals surface area contributed by atoms with E-state index < -0.39 is 17.9 Å². The van der Waals surface area contributed by atoms with Gasteiger partial charge >= 0.3 is 17.9 Å². The van der Waals surface area contributed by atoms with Gasteiger partial charge in [0.1, 0.15) is 0 Å². The lowest BCUT2D eigenvalue weighted by atomic mass is 10.1. The number of thiol groups is 1. The Bertz CT molecular complexity index is 316. The summed E-state index contributed by atoms with van der Waals surface area (Å²) in [4.78, 5) is 29.4. The molecule has 3 N–H and O–H groups in total. The first-order chi connectivity index (χ1) is 11.5. The summed E-state index contributed by atoms with van der Waals surface area (Å²) in [7, 11) is 0. The van der Waals surface area contributed by atoms with Gasteiger partial charge in [-0.15, -0.1) is 0 Å². The van der Waals surface area contributed by atoms with Gasteiger partial charge in [-0.3, -0.25) is 14.4 Å². The van der Waals surface area contributed by atoms with Crippen LogP contribution in [0.3, 0.4) is 0 Å². The van der Waals surface area contributed by atoms with Crippen molar-refractivity contribution in [3.05, 3.63) is 0 Å². The largest absolute Gasteiger partial charge is 0.481 e. The van der Waals surface area contributed by atoms with E-state index in [1.807, 2.05) is 0 Å². The summed E-state index contributed by atoms with van der Waals surface area (Å²) in [5, 5.41) is 24.2. The van der Waals surface area contributed by atoms with E-state index in [1.165, 1.54) is 0 Å². The van der Waals surface area contributed by atoms with Crippen molar-refractivity contribution < 1.29 is 29.7 Å². The number of aliphatic carboxylic acids is 3. The summed E-state index contributed by atoms with van der Waals surface area (Å²) in [5.41, 5.74) is 0. The van der Waals surface area contributed by atoms with Crippen LogP contribution in [0, 0.1) is 11.8 Å². The van der Waals surface area contributed by atoms with E-state index in [2.05, 4.69) is 40.3 Å². The summed E-state index contributed by atoms with van der Waals surface area (Å²) in [5.74, 6) is -0.913. The third kappa shape index (κ3) is 45.0. The molecule has 0 aromatic rings. The van der Waals surface area contributed by atoms with Gasteiger partial charge in [-0.1, -0.05) is 53.4 Å². The minimum Gasteiger partial charge on any atom is -0.481 e. The van der Waals surface area contributed by atoms with Crippen LogP contribution in [0.5, 0.6) is 0 Å². The smallest absolute Gasteiger partial charge is 0.313 e. The predicted molar refractivity (Wildman–Crippen MR) is 103 cm³/mol. The zero-order valence-electron chi connectivity index (χ0n) is 16.0. The molecule has 7 heteroatoms. The Labute approximate surface area is 157 Å². The van der Waals surface area contributed by atoms with Gasteiger partial charge in [0.15, 0.2) is 0 Å². The number of unbranched alkanes of at least 4 members (excludes halogenated alkanes) is 2. The van der Waals surface area contributed by atoms with Crippen molar-refractivity contribution in [2.45, 2.75) is 79.1 Å². The summed E-state index contributed by atoms with van der Waals surface area (Å²) in [6, 6.07) is 0. The molecular formula is C18H36O6S. The number of carboxylic acids is 3. The molecule has 150 valence electrons. The zero-order chi connectivity index (χ0) is 20.3. The molecule has 0 rings (SSSR count). The Kier molecular flexibility index (Phi) is 23.8. The molecule has 0 aliphatic heterocycles. The molecule has 0 spiro atoms. The first-order valence-corrected chi connectivity index (χ1v) is 9.42. The van der Waals surface area contributed by atoms with Crippen molar-refractivity contribution in [1.82, 2.24) is 0 Å². The maximum atomic E-state index is 10.0. The molecule has 0 saturated heterocycles. The average molecular weight is 381 g/mol. The Morgan fingerprint density at radius 3 is 1.12 bits per heavy atom. The summed E-state index contributed by atoms with van der Waals surface area (Å²) in [6.45, 7) is 8.61. The summed E-state index contributed by atoms with van der Waals surface area (Å²) < 4.78 is 0. The van der Waals surface area contributed by atoms with Gasteiger partial charge in [0, 0.05) is 12.8 Å². The normalized spacial score (nSPS) is 9.72. The van der Waals surface area contributed by atoms with Crippen LogP contribution in [0.15, 0.2) is 0 Å². The second-order valence-electron chi connectivity index (χ2n) is 6.62. The van der Waals surface area contributed by atoms with Gasteiger partial charge in [0.25, 0.3) is 0 Å². The summed E-state index contributed by atoms with van der Waals surface area (Å²) in [6.07, 6.45) is 6.69. The molecular weight excluding hydrogens is 344 g/mol. The van der Waals surface area contributed by atoms with Crippen LogP contribution in [0.25, 0.3) is 0 Å². The molecule has 0 unspecified atom stereocenters. The van der Waals surface area contributed by atoms with Crippen molar-refractivity contribution in [3.63, 3.8) is 0 Å². The highest BCUT2D eigenvalue weighted by Gasteiger charge is 1.98. The lowest BCUT2D eigenvalue weighted by Crippen LogP contribution is -1.94. The zero-order valence-corrected chi connectivity index (χ0v) is 16.9. The molecule has 0 atom stereocenters. The van der Waals surface area contributed by atoms with E-state index in [-0.39, 0.29) is 5.75 Å². The topological polar surface area (TPSA) is 112 Å². The molecule has 0 saturated carbocycles. The highest BCUT2D eigenvalue weighted by Crippen LogP contribution is 2.08.